The van der Waals surface area contributed by atoms with Crippen LogP contribution in [0.25, 0.3) is 11.3 Å². The van der Waals surface area contributed by atoms with Crippen molar-refractivity contribution in [1.29, 1.82) is 0 Å². The van der Waals surface area contributed by atoms with Crippen molar-refractivity contribution in [1.82, 2.24) is 24.8 Å². The highest BCUT2D eigenvalue weighted by Gasteiger charge is 2.32. The van der Waals surface area contributed by atoms with Gasteiger partial charge >= 0.3 is 12.4 Å². The molecule has 8 nitrogen and oxygen atoms in total. The Morgan fingerprint density at radius 3 is 2.48 bits per heavy atom. The third-order valence-corrected chi connectivity index (χ3v) is 5.30. The molecule has 1 fully saturated rings. The van der Waals surface area contributed by atoms with E-state index >= 15 is 0 Å². The first kappa shape index (κ1) is 22.3. The fourth-order valence-electron chi connectivity index (χ4n) is 3.74. The molecular formula is C22H20F3N5O3. The van der Waals surface area contributed by atoms with Gasteiger partial charge in [0.25, 0.3) is 0 Å². The molecule has 3 aromatic rings. The van der Waals surface area contributed by atoms with E-state index in [4.69, 9.17) is 0 Å². The van der Waals surface area contributed by atoms with Gasteiger partial charge in [-0.05, 0) is 36.2 Å². The Bertz CT molecular complexity index is 1100. The lowest BCUT2D eigenvalue weighted by Crippen LogP contribution is -2.56. The van der Waals surface area contributed by atoms with Crippen LogP contribution in [0.3, 0.4) is 0 Å². The predicted molar refractivity (Wildman–Crippen MR) is 111 cm³/mol. The van der Waals surface area contributed by atoms with Gasteiger partial charge in [0.2, 0.25) is 6.41 Å². The van der Waals surface area contributed by atoms with Gasteiger partial charge in [0.15, 0.2) is 0 Å². The third-order valence-electron chi connectivity index (χ3n) is 5.30. The molecule has 0 N–H and O–H groups in total. The van der Waals surface area contributed by atoms with Crippen molar-refractivity contribution >= 4 is 12.4 Å². The van der Waals surface area contributed by atoms with E-state index in [1.807, 2.05) is 30.3 Å². The number of alkyl halides is 3. The number of carbonyl (C=O) groups is 2. The van der Waals surface area contributed by atoms with Crippen LogP contribution in [0.5, 0.6) is 5.75 Å². The van der Waals surface area contributed by atoms with E-state index in [2.05, 4.69) is 15.0 Å². The number of ether oxygens (including phenoxy) is 1. The van der Waals surface area contributed by atoms with Crippen LogP contribution in [0.4, 0.5) is 18.0 Å². The lowest BCUT2D eigenvalue weighted by Gasteiger charge is -2.39. The summed E-state index contributed by atoms with van der Waals surface area (Å²) in [4.78, 5) is 27.8. The van der Waals surface area contributed by atoms with E-state index in [1.165, 1.54) is 18.3 Å². The number of piperazine rings is 1. The Kier molecular flexibility index (Phi) is 6.29. The first-order valence-electron chi connectivity index (χ1n) is 10.1. The predicted octanol–water partition coefficient (Wildman–Crippen LogP) is 3.20. The molecule has 1 aliphatic rings. The zero-order valence-corrected chi connectivity index (χ0v) is 17.4. The summed E-state index contributed by atoms with van der Waals surface area (Å²) in [5, 5.41) is 7.89. The second-order valence-corrected chi connectivity index (χ2v) is 7.54. The van der Waals surface area contributed by atoms with E-state index < -0.39 is 12.4 Å². The van der Waals surface area contributed by atoms with Gasteiger partial charge in [-0.2, -0.15) is 4.68 Å². The fraction of sp³-hybridized carbons (Fsp3) is 0.273. The standard InChI is InChI=1S/C22H20F3N5O3/c23-22(24,25)33-19-8-6-17(7-9-19)20-14-30(27-26-20)21(32)29-11-10-28(15-31)13-18(29)12-16-4-2-1-3-5-16/h1-9,14-15,18H,10-13H2/t18-/m1/s1. The zero-order valence-electron chi connectivity index (χ0n) is 17.4. The Morgan fingerprint density at radius 2 is 1.82 bits per heavy atom. The normalized spacial score (nSPS) is 16.5. The lowest BCUT2D eigenvalue weighted by atomic mass is 10.0. The topological polar surface area (TPSA) is 80.6 Å². The highest BCUT2D eigenvalue weighted by Crippen LogP contribution is 2.26. The SMILES string of the molecule is O=CN1CCN(C(=O)n2cc(-c3ccc(OC(F)(F)F)cc3)nn2)[C@H](Cc2ccccc2)C1. The number of aromatic nitrogens is 3. The monoisotopic (exact) mass is 459 g/mol. The summed E-state index contributed by atoms with van der Waals surface area (Å²) < 4.78 is 42.0. The number of rotatable bonds is 5. The fourth-order valence-corrected chi connectivity index (χ4v) is 3.74. The van der Waals surface area contributed by atoms with Crippen LogP contribution < -0.4 is 4.74 Å². The molecule has 1 saturated heterocycles. The van der Waals surface area contributed by atoms with Crippen LogP contribution in [0.15, 0.2) is 60.8 Å². The molecule has 0 radical (unpaired) electrons. The van der Waals surface area contributed by atoms with Crippen molar-refractivity contribution in [3.8, 4) is 17.0 Å². The Morgan fingerprint density at radius 1 is 1.09 bits per heavy atom. The van der Waals surface area contributed by atoms with Crippen molar-refractivity contribution < 1.29 is 27.5 Å². The van der Waals surface area contributed by atoms with Gasteiger partial charge < -0.3 is 14.5 Å². The average molecular weight is 459 g/mol. The van der Waals surface area contributed by atoms with E-state index in [0.29, 0.717) is 37.3 Å². The Hall–Kier alpha value is -3.89. The number of amides is 2. The summed E-state index contributed by atoms with van der Waals surface area (Å²) in [6, 6.07) is 14.2. The second kappa shape index (κ2) is 9.31. The third kappa shape index (κ3) is 5.48. The summed E-state index contributed by atoms with van der Waals surface area (Å²) >= 11 is 0. The molecule has 0 spiro atoms. The van der Waals surface area contributed by atoms with E-state index in [9.17, 15) is 22.8 Å². The maximum atomic E-state index is 13.2. The maximum absolute atomic E-state index is 13.2. The highest BCUT2D eigenvalue weighted by molar-refractivity contribution is 5.77. The van der Waals surface area contributed by atoms with E-state index in [1.54, 1.807) is 9.80 Å². The van der Waals surface area contributed by atoms with Gasteiger partial charge in [-0.3, -0.25) is 4.79 Å². The Balaban J connectivity index is 1.50. The van der Waals surface area contributed by atoms with Crippen LogP contribution in [0, 0.1) is 0 Å². The average Bonchev–Trinajstić information content (AvgIpc) is 3.29. The number of nitrogens with zero attached hydrogens (tertiary/aromatic N) is 5. The van der Waals surface area contributed by atoms with Crippen LogP contribution in [-0.2, 0) is 11.2 Å². The lowest BCUT2D eigenvalue weighted by molar-refractivity contribution is -0.274. The molecule has 2 heterocycles. The molecule has 33 heavy (non-hydrogen) atoms. The van der Waals surface area contributed by atoms with Crippen molar-refractivity contribution in [3.63, 3.8) is 0 Å². The van der Waals surface area contributed by atoms with Gasteiger partial charge in [0.1, 0.15) is 11.4 Å². The summed E-state index contributed by atoms with van der Waals surface area (Å²) in [6.07, 6.45) is -2.01. The van der Waals surface area contributed by atoms with Crippen LogP contribution in [0.2, 0.25) is 0 Å². The van der Waals surface area contributed by atoms with Crippen molar-refractivity contribution in [2.24, 2.45) is 0 Å². The van der Waals surface area contributed by atoms with Gasteiger partial charge in [0.05, 0.1) is 12.2 Å². The van der Waals surface area contributed by atoms with E-state index in [0.717, 1.165) is 28.8 Å². The molecule has 0 unspecified atom stereocenters. The molecule has 1 aromatic heterocycles. The van der Waals surface area contributed by atoms with Crippen LogP contribution >= 0.6 is 0 Å². The number of hydrogen-bond donors (Lipinski definition) is 0. The molecule has 1 atom stereocenters. The summed E-state index contributed by atoms with van der Waals surface area (Å²) in [7, 11) is 0. The van der Waals surface area contributed by atoms with Gasteiger partial charge in [0, 0.05) is 25.2 Å². The van der Waals surface area contributed by atoms with Crippen molar-refractivity contribution in [2.75, 3.05) is 19.6 Å². The molecule has 1 aliphatic heterocycles. The largest absolute Gasteiger partial charge is 0.573 e. The summed E-state index contributed by atoms with van der Waals surface area (Å²) in [5.74, 6) is -0.355. The minimum absolute atomic E-state index is 0.245. The van der Waals surface area contributed by atoms with Gasteiger partial charge in [-0.25, -0.2) is 4.79 Å². The molecule has 4 rings (SSSR count). The molecule has 2 amide bonds. The first-order chi connectivity index (χ1) is 15.8. The maximum Gasteiger partial charge on any atom is 0.573 e. The van der Waals surface area contributed by atoms with E-state index in [-0.39, 0.29) is 11.8 Å². The molecule has 0 aliphatic carbocycles. The molecule has 0 saturated carbocycles. The van der Waals surface area contributed by atoms with Gasteiger partial charge in [-0.15, -0.1) is 18.3 Å². The molecule has 0 bridgehead atoms. The summed E-state index contributed by atoms with van der Waals surface area (Å²) in [6.45, 7) is 1.14. The molecule has 2 aromatic carbocycles. The van der Waals surface area contributed by atoms with Crippen molar-refractivity contribution in [3.05, 3.63) is 66.4 Å². The van der Waals surface area contributed by atoms with Crippen LogP contribution in [0.1, 0.15) is 5.56 Å². The van der Waals surface area contributed by atoms with Crippen molar-refractivity contribution in [2.45, 2.75) is 18.8 Å². The molecule has 11 heteroatoms. The minimum atomic E-state index is -4.78. The number of hydrogen-bond acceptors (Lipinski definition) is 5. The van der Waals surface area contributed by atoms with Crippen LogP contribution in [-0.4, -0.2) is 69.3 Å². The minimum Gasteiger partial charge on any atom is -0.406 e. The number of carbonyl (C=O) groups excluding carboxylic acids is 2. The smallest absolute Gasteiger partial charge is 0.406 e. The Labute approximate surface area is 187 Å². The number of halogens is 3. The zero-order chi connectivity index (χ0) is 23.4. The second-order valence-electron chi connectivity index (χ2n) is 7.54. The quantitative estimate of drug-likeness (QED) is 0.548. The molecule has 172 valence electrons. The summed E-state index contributed by atoms with van der Waals surface area (Å²) in [5.41, 5.74) is 1.84. The van der Waals surface area contributed by atoms with Gasteiger partial charge in [-0.1, -0.05) is 35.5 Å². The first-order valence-corrected chi connectivity index (χ1v) is 10.1. The molecular weight excluding hydrogens is 439 g/mol. The number of benzene rings is 2. The highest BCUT2D eigenvalue weighted by atomic mass is 19.4.